The molecule has 0 saturated heterocycles. The van der Waals surface area contributed by atoms with Crippen molar-refractivity contribution in [1.82, 2.24) is 0 Å². The van der Waals surface area contributed by atoms with Crippen LogP contribution < -0.4 is 4.74 Å². The van der Waals surface area contributed by atoms with Gasteiger partial charge in [0.25, 0.3) is 0 Å². The zero-order valence-electron chi connectivity index (χ0n) is 9.28. The zero-order chi connectivity index (χ0) is 11.4. The van der Waals surface area contributed by atoms with Crippen molar-refractivity contribution in [3.8, 4) is 5.75 Å². The Morgan fingerprint density at radius 1 is 1.40 bits per heavy atom. The molecular weight excluding hydrogens is 192 g/mol. The SMILES string of the molecule is Cc1cccc(C)c1OC[C@@H](C)C(=O)O. The van der Waals surface area contributed by atoms with Gasteiger partial charge >= 0.3 is 5.97 Å². The van der Waals surface area contributed by atoms with Gasteiger partial charge in [-0.15, -0.1) is 0 Å². The standard InChI is InChI=1S/C12H16O3/c1-8-5-4-6-9(2)11(8)15-7-10(3)12(13)14/h4-6,10H,7H2,1-3H3,(H,13,14)/t10-/m1/s1. The van der Waals surface area contributed by atoms with E-state index in [1.165, 1.54) is 0 Å². The highest BCUT2D eigenvalue weighted by Crippen LogP contribution is 2.22. The lowest BCUT2D eigenvalue weighted by Crippen LogP contribution is -2.18. The molecule has 1 N–H and O–H groups in total. The predicted molar refractivity (Wildman–Crippen MR) is 58.2 cm³/mol. The number of ether oxygens (including phenoxy) is 1. The molecule has 1 rings (SSSR count). The molecule has 0 saturated carbocycles. The van der Waals surface area contributed by atoms with E-state index in [0.717, 1.165) is 16.9 Å². The summed E-state index contributed by atoms with van der Waals surface area (Å²) in [5.41, 5.74) is 2.07. The highest BCUT2D eigenvalue weighted by molar-refractivity contribution is 5.69. The largest absolute Gasteiger partial charge is 0.492 e. The van der Waals surface area contributed by atoms with E-state index in [4.69, 9.17) is 9.84 Å². The van der Waals surface area contributed by atoms with Gasteiger partial charge in [-0.2, -0.15) is 0 Å². The summed E-state index contributed by atoms with van der Waals surface area (Å²) in [7, 11) is 0. The smallest absolute Gasteiger partial charge is 0.309 e. The maximum atomic E-state index is 10.6. The van der Waals surface area contributed by atoms with Gasteiger partial charge in [0.05, 0.1) is 5.92 Å². The average molecular weight is 208 g/mol. The Labute approximate surface area is 89.7 Å². The summed E-state index contributed by atoms with van der Waals surface area (Å²) in [4.78, 5) is 10.6. The molecule has 1 aromatic carbocycles. The van der Waals surface area contributed by atoms with Crippen LogP contribution in [-0.2, 0) is 4.79 Å². The number of carbonyl (C=O) groups is 1. The molecule has 3 nitrogen and oxygen atoms in total. The third-order valence-corrected chi connectivity index (χ3v) is 2.31. The van der Waals surface area contributed by atoms with Gasteiger partial charge in [0.1, 0.15) is 12.4 Å². The Hall–Kier alpha value is -1.51. The van der Waals surface area contributed by atoms with Crippen LogP contribution in [-0.4, -0.2) is 17.7 Å². The lowest BCUT2D eigenvalue weighted by atomic mass is 10.1. The average Bonchev–Trinajstić information content (AvgIpc) is 2.16. The van der Waals surface area contributed by atoms with E-state index in [2.05, 4.69) is 0 Å². The van der Waals surface area contributed by atoms with Gasteiger partial charge in [-0.25, -0.2) is 0 Å². The second kappa shape index (κ2) is 4.82. The Bertz CT molecular complexity index is 338. The van der Waals surface area contributed by atoms with Crippen molar-refractivity contribution in [3.05, 3.63) is 29.3 Å². The third kappa shape index (κ3) is 2.98. The molecule has 1 aromatic rings. The molecule has 0 spiro atoms. The molecule has 0 unspecified atom stereocenters. The van der Waals surface area contributed by atoms with Gasteiger partial charge in [-0.3, -0.25) is 4.79 Å². The Morgan fingerprint density at radius 3 is 2.40 bits per heavy atom. The number of rotatable bonds is 4. The molecule has 3 heteroatoms. The molecular formula is C12H16O3. The fraction of sp³-hybridized carbons (Fsp3) is 0.417. The maximum Gasteiger partial charge on any atom is 0.309 e. The quantitative estimate of drug-likeness (QED) is 0.826. The lowest BCUT2D eigenvalue weighted by molar-refractivity contribution is -0.142. The number of para-hydroxylation sites is 1. The first-order valence-electron chi connectivity index (χ1n) is 4.94. The summed E-state index contributed by atoms with van der Waals surface area (Å²) in [5, 5.41) is 8.72. The van der Waals surface area contributed by atoms with Crippen molar-refractivity contribution >= 4 is 5.97 Å². The van der Waals surface area contributed by atoms with Crippen LogP contribution in [0.1, 0.15) is 18.1 Å². The number of aliphatic carboxylic acids is 1. The maximum absolute atomic E-state index is 10.6. The fourth-order valence-corrected chi connectivity index (χ4v) is 1.31. The van der Waals surface area contributed by atoms with E-state index in [9.17, 15) is 4.79 Å². The first kappa shape index (κ1) is 11.6. The lowest BCUT2D eigenvalue weighted by Gasteiger charge is -2.13. The van der Waals surface area contributed by atoms with Gasteiger partial charge in [0.2, 0.25) is 0 Å². The van der Waals surface area contributed by atoms with E-state index in [-0.39, 0.29) is 6.61 Å². The molecule has 0 heterocycles. The van der Waals surface area contributed by atoms with Crippen LogP contribution in [0.5, 0.6) is 5.75 Å². The van der Waals surface area contributed by atoms with Crippen molar-refractivity contribution in [2.45, 2.75) is 20.8 Å². The molecule has 0 aliphatic heterocycles. The number of carboxylic acid groups (broad SMARTS) is 1. The van der Waals surface area contributed by atoms with Crippen molar-refractivity contribution in [2.75, 3.05) is 6.61 Å². The number of hydrogen-bond acceptors (Lipinski definition) is 2. The summed E-state index contributed by atoms with van der Waals surface area (Å²) in [6.07, 6.45) is 0. The van der Waals surface area contributed by atoms with E-state index < -0.39 is 11.9 Å². The second-order valence-electron chi connectivity index (χ2n) is 3.77. The van der Waals surface area contributed by atoms with Crippen molar-refractivity contribution in [2.24, 2.45) is 5.92 Å². The van der Waals surface area contributed by atoms with E-state index >= 15 is 0 Å². The number of hydrogen-bond donors (Lipinski definition) is 1. The molecule has 15 heavy (non-hydrogen) atoms. The van der Waals surface area contributed by atoms with Gasteiger partial charge in [0.15, 0.2) is 0 Å². The number of carboxylic acids is 1. The molecule has 0 aliphatic rings. The topological polar surface area (TPSA) is 46.5 Å². The molecule has 0 fully saturated rings. The highest BCUT2D eigenvalue weighted by atomic mass is 16.5. The molecule has 0 aliphatic carbocycles. The van der Waals surface area contributed by atoms with Crippen LogP contribution in [0.2, 0.25) is 0 Å². The summed E-state index contributed by atoms with van der Waals surface area (Å²) >= 11 is 0. The fourth-order valence-electron chi connectivity index (χ4n) is 1.31. The minimum atomic E-state index is -0.832. The summed E-state index contributed by atoms with van der Waals surface area (Å²) in [5.74, 6) is -0.518. The monoisotopic (exact) mass is 208 g/mol. The van der Waals surface area contributed by atoms with E-state index in [1.54, 1.807) is 6.92 Å². The summed E-state index contributed by atoms with van der Waals surface area (Å²) in [6, 6.07) is 5.86. The van der Waals surface area contributed by atoms with Crippen LogP contribution in [0.3, 0.4) is 0 Å². The molecule has 0 bridgehead atoms. The predicted octanol–water partition coefficient (Wildman–Crippen LogP) is 2.40. The Morgan fingerprint density at radius 2 is 1.93 bits per heavy atom. The van der Waals surface area contributed by atoms with Crippen LogP contribution >= 0.6 is 0 Å². The highest BCUT2D eigenvalue weighted by Gasteiger charge is 2.12. The number of benzene rings is 1. The van der Waals surface area contributed by atoms with Crippen LogP contribution in [0.15, 0.2) is 18.2 Å². The molecule has 0 radical (unpaired) electrons. The van der Waals surface area contributed by atoms with Crippen molar-refractivity contribution in [1.29, 1.82) is 0 Å². The molecule has 1 atom stereocenters. The first-order chi connectivity index (χ1) is 7.02. The minimum absolute atomic E-state index is 0.209. The summed E-state index contributed by atoms with van der Waals surface area (Å²) < 4.78 is 5.51. The third-order valence-electron chi connectivity index (χ3n) is 2.31. The Balaban J connectivity index is 2.69. The minimum Gasteiger partial charge on any atom is -0.492 e. The van der Waals surface area contributed by atoms with Gasteiger partial charge in [-0.1, -0.05) is 18.2 Å². The van der Waals surface area contributed by atoms with Gasteiger partial charge in [-0.05, 0) is 31.9 Å². The van der Waals surface area contributed by atoms with Crippen LogP contribution in [0.25, 0.3) is 0 Å². The number of aryl methyl sites for hydroxylation is 2. The van der Waals surface area contributed by atoms with Gasteiger partial charge < -0.3 is 9.84 Å². The molecule has 0 amide bonds. The van der Waals surface area contributed by atoms with Crippen molar-refractivity contribution in [3.63, 3.8) is 0 Å². The van der Waals surface area contributed by atoms with Crippen molar-refractivity contribution < 1.29 is 14.6 Å². The summed E-state index contributed by atoms with van der Waals surface area (Å²) in [6.45, 7) is 5.75. The normalized spacial score (nSPS) is 12.2. The van der Waals surface area contributed by atoms with Crippen LogP contribution in [0, 0.1) is 19.8 Å². The molecule has 82 valence electrons. The van der Waals surface area contributed by atoms with Gasteiger partial charge in [0, 0.05) is 0 Å². The Kier molecular flexibility index (Phi) is 3.72. The van der Waals surface area contributed by atoms with Crippen LogP contribution in [0.4, 0.5) is 0 Å². The van der Waals surface area contributed by atoms with E-state index in [1.807, 2.05) is 32.0 Å². The second-order valence-corrected chi connectivity index (χ2v) is 3.77. The zero-order valence-corrected chi connectivity index (χ0v) is 9.28. The molecule has 0 aromatic heterocycles. The van der Waals surface area contributed by atoms with E-state index in [0.29, 0.717) is 0 Å². The first-order valence-corrected chi connectivity index (χ1v) is 4.94.